The molecular weight excluding hydrogens is 356 g/mol. The molecule has 1 heterocycles. The third-order valence-electron chi connectivity index (χ3n) is 3.99. The number of carbonyl (C=O) groups excluding carboxylic acids is 2. The number of benzene rings is 2. The second-order valence-corrected chi connectivity index (χ2v) is 6.44. The minimum Gasteiger partial charge on any atom is -0.343 e. The summed E-state index contributed by atoms with van der Waals surface area (Å²) >= 11 is 3.33. The lowest BCUT2D eigenvalue weighted by Crippen LogP contribution is -2.42. The van der Waals surface area contributed by atoms with E-state index in [4.69, 9.17) is 0 Å². The van der Waals surface area contributed by atoms with Gasteiger partial charge in [-0.25, -0.2) is 0 Å². The summed E-state index contributed by atoms with van der Waals surface area (Å²) in [7, 11) is 0. The van der Waals surface area contributed by atoms with E-state index in [1.807, 2.05) is 12.1 Å². The first-order valence-corrected chi connectivity index (χ1v) is 8.31. The molecule has 0 aliphatic carbocycles. The van der Waals surface area contributed by atoms with Crippen LogP contribution in [-0.2, 0) is 17.8 Å². The van der Waals surface area contributed by atoms with Gasteiger partial charge < -0.3 is 10.2 Å². The first-order valence-electron chi connectivity index (χ1n) is 7.52. The van der Waals surface area contributed by atoms with Gasteiger partial charge in [0.25, 0.3) is 5.91 Å². The van der Waals surface area contributed by atoms with Crippen molar-refractivity contribution in [3.8, 4) is 0 Å². The lowest BCUT2D eigenvalue weighted by molar-refractivity contribution is -0.131. The normalized spacial score (nSPS) is 13.3. The number of hydrogen-bond acceptors (Lipinski definition) is 2. The number of carbonyl (C=O) groups is 2. The summed E-state index contributed by atoms with van der Waals surface area (Å²) < 4.78 is 0.914. The fraction of sp³-hybridized carbons (Fsp3) is 0.222. The molecule has 1 N–H and O–H groups in total. The van der Waals surface area contributed by atoms with Crippen molar-refractivity contribution in [3.63, 3.8) is 0 Å². The van der Waals surface area contributed by atoms with Crippen LogP contribution >= 0.6 is 15.9 Å². The maximum Gasteiger partial charge on any atom is 0.251 e. The van der Waals surface area contributed by atoms with Crippen LogP contribution in [0.4, 0.5) is 0 Å². The summed E-state index contributed by atoms with van der Waals surface area (Å²) in [5.41, 5.74) is 3.03. The number of hydrogen-bond donors (Lipinski definition) is 1. The molecular formula is C18H17BrN2O2. The second kappa shape index (κ2) is 6.96. The van der Waals surface area contributed by atoms with Crippen LogP contribution in [0.2, 0.25) is 0 Å². The number of nitrogens with zero attached hydrogens (tertiary/aromatic N) is 1. The first kappa shape index (κ1) is 15.7. The van der Waals surface area contributed by atoms with Gasteiger partial charge in [-0.3, -0.25) is 9.59 Å². The van der Waals surface area contributed by atoms with Crippen LogP contribution in [0, 0.1) is 0 Å². The lowest BCUT2D eigenvalue weighted by atomic mass is 10.00. The van der Waals surface area contributed by atoms with E-state index in [2.05, 4.69) is 33.4 Å². The highest BCUT2D eigenvalue weighted by molar-refractivity contribution is 9.10. The van der Waals surface area contributed by atoms with Crippen molar-refractivity contribution in [3.05, 3.63) is 69.7 Å². The predicted octanol–water partition coefficient (Wildman–Crippen LogP) is 2.76. The average molecular weight is 373 g/mol. The lowest BCUT2D eigenvalue weighted by Gasteiger charge is -2.29. The maximum atomic E-state index is 12.3. The SMILES string of the molecule is O=C(NCC(=O)N1CCc2ccccc2C1)c1ccc(Br)cc1. The van der Waals surface area contributed by atoms with Gasteiger partial charge in [0, 0.05) is 23.1 Å². The van der Waals surface area contributed by atoms with E-state index >= 15 is 0 Å². The third-order valence-corrected chi connectivity index (χ3v) is 4.52. The van der Waals surface area contributed by atoms with E-state index in [1.165, 1.54) is 11.1 Å². The van der Waals surface area contributed by atoms with Crippen molar-refractivity contribution in [1.82, 2.24) is 10.2 Å². The van der Waals surface area contributed by atoms with Crippen LogP contribution < -0.4 is 5.32 Å². The Labute approximate surface area is 143 Å². The molecule has 118 valence electrons. The maximum absolute atomic E-state index is 12.3. The Balaban J connectivity index is 1.56. The summed E-state index contributed by atoms with van der Waals surface area (Å²) in [6.45, 7) is 1.34. The molecule has 0 saturated carbocycles. The van der Waals surface area contributed by atoms with Gasteiger partial charge >= 0.3 is 0 Å². The fourth-order valence-electron chi connectivity index (χ4n) is 2.68. The topological polar surface area (TPSA) is 49.4 Å². The Bertz CT molecular complexity index is 728. The zero-order valence-corrected chi connectivity index (χ0v) is 14.2. The van der Waals surface area contributed by atoms with Crippen molar-refractivity contribution >= 4 is 27.7 Å². The first-order chi connectivity index (χ1) is 11.1. The molecule has 0 atom stereocenters. The van der Waals surface area contributed by atoms with Gasteiger partial charge in [-0.15, -0.1) is 0 Å². The van der Waals surface area contributed by atoms with E-state index in [1.54, 1.807) is 29.2 Å². The van der Waals surface area contributed by atoms with E-state index in [-0.39, 0.29) is 18.4 Å². The highest BCUT2D eigenvalue weighted by Crippen LogP contribution is 2.18. The molecule has 0 radical (unpaired) electrons. The highest BCUT2D eigenvalue weighted by Gasteiger charge is 2.20. The van der Waals surface area contributed by atoms with Crippen LogP contribution in [0.3, 0.4) is 0 Å². The monoisotopic (exact) mass is 372 g/mol. The fourth-order valence-corrected chi connectivity index (χ4v) is 2.94. The molecule has 23 heavy (non-hydrogen) atoms. The van der Waals surface area contributed by atoms with Crippen LogP contribution in [0.5, 0.6) is 0 Å². The summed E-state index contributed by atoms with van der Waals surface area (Å²) in [5, 5.41) is 2.69. The minimum atomic E-state index is -0.233. The number of amides is 2. The smallest absolute Gasteiger partial charge is 0.251 e. The summed E-state index contributed by atoms with van der Waals surface area (Å²) in [5.74, 6) is -0.284. The number of rotatable bonds is 3. The number of halogens is 1. The van der Waals surface area contributed by atoms with Gasteiger partial charge in [-0.1, -0.05) is 40.2 Å². The molecule has 2 amide bonds. The van der Waals surface area contributed by atoms with Crippen molar-refractivity contribution < 1.29 is 9.59 Å². The zero-order valence-electron chi connectivity index (χ0n) is 12.6. The molecule has 0 bridgehead atoms. The predicted molar refractivity (Wildman–Crippen MR) is 92.0 cm³/mol. The Kier molecular flexibility index (Phi) is 4.76. The van der Waals surface area contributed by atoms with Crippen molar-refractivity contribution in [1.29, 1.82) is 0 Å². The molecule has 3 rings (SSSR count). The largest absolute Gasteiger partial charge is 0.343 e. The van der Waals surface area contributed by atoms with Crippen LogP contribution in [0.15, 0.2) is 53.0 Å². The van der Waals surface area contributed by atoms with E-state index < -0.39 is 0 Å². The van der Waals surface area contributed by atoms with Crippen LogP contribution in [0.1, 0.15) is 21.5 Å². The molecule has 1 aliphatic rings. The molecule has 0 aromatic heterocycles. The van der Waals surface area contributed by atoms with Gasteiger partial charge in [-0.05, 0) is 41.8 Å². The van der Waals surface area contributed by atoms with E-state index in [9.17, 15) is 9.59 Å². The summed E-state index contributed by atoms with van der Waals surface area (Å²) in [6.07, 6.45) is 0.864. The molecule has 2 aromatic carbocycles. The molecule has 0 fully saturated rings. The zero-order chi connectivity index (χ0) is 16.2. The quantitative estimate of drug-likeness (QED) is 0.900. The van der Waals surface area contributed by atoms with Crippen molar-refractivity contribution in [2.45, 2.75) is 13.0 Å². The van der Waals surface area contributed by atoms with Gasteiger partial charge in [0.15, 0.2) is 0 Å². The second-order valence-electron chi connectivity index (χ2n) is 5.52. The molecule has 2 aromatic rings. The standard InChI is InChI=1S/C18H17BrN2O2/c19-16-7-5-14(6-8-16)18(23)20-11-17(22)21-10-9-13-3-1-2-4-15(13)12-21/h1-8H,9-12H2,(H,20,23). The Morgan fingerprint density at radius 3 is 2.48 bits per heavy atom. The number of fused-ring (bicyclic) bond motifs is 1. The Hall–Kier alpha value is -2.14. The molecule has 5 heteroatoms. The molecule has 4 nitrogen and oxygen atoms in total. The molecule has 0 unspecified atom stereocenters. The summed E-state index contributed by atoms with van der Waals surface area (Å²) in [4.78, 5) is 26.1. The highest BCUT2D eigenvalue weighted by atomic mass is 79.9. The third kappa shape index (κ3) is 3.79. The van der Waals surface area contributed by atoms with Crippen LogP contribution in [0.25, 0.3) is 0 Å². The van der Waals surface area contributed by atoms with Gasteiger partial charge in [-0.2, -0.15) is 0 Å². The minimum absolute atomic E-state index is 0.0249. The molecule has 0 spiro atoms. The van der Waals surface area contributed by atoms with E-state index in [0.717, 1.165) is 10.9 Å². The van der Waals surface area contributed by atoms with Crippen molar-refractivity contribution in [2.24, 2.45) is 0 Å². The van der Waals surface area contributed by atoms with Crippen LogP contribution in [-0.4, -0.2) is 29.8 Å². The average Bonchev–Trinajstić information content (AvgIpc) is 2.59. The van der Waals surface area contributed by atoms with E-state index in [0.29, 0.717) is 18.7 Å². The van der Waals surface area contributed by atoms with Gasteiger partial charge in [0.05, 0.1) is 6.54 Å². The molecule has 0 saturated heterocycles. The number of nitrogens with one attached hydrogen (secondary N) is 1. The molecule has 1 aliphatic heterocycles. The Morgan fingerprint density at radius 2 is 1.74 bits per heavy atom. The van der Waals surface area contributed by atoms with Gasteiger partial charge in [0.2, 0.25) is 5.91 Å². The Morgan fingerprint density at radius 1 is 1.04 bits per heavy atom. The van der Waals surface area contributed by atoms with Crippen molar-refractivity contribution in [2.75, 3.05) is 13.1 Å². The summed E-state index contributed by atoms with van der Waals surface area (Å²) in [6, 6.07) is 15.2. The van der Waals surface area contributed by atoms with Gasteiger partial charge in [0.1, 0.15) is 0 Å².